The Bertz CT molecular complexity index is 1380. The molecule has 7 heteroatoms. The molecule has 1 N–H and O–H groups in total. The minimum atomic E-state index is -0.735. The van der Waals surface area contributed by atoms with Gasteiger partial charge in [0, 0.05) is 37.0 Å². The first-order chi connectivity index (χ1) is 17.2. The van der Waals surface area contributed by atoms with Crippen molar-refractivity contribution in [3.8, 4) is 34.1 Å². The molecule has 1 unspecified atom stereocenters. The summed E-state index contributed by atoms with van der Waals surface area (Å²) in [6, 6.07) is 16.9. The molecule has 3 aromatic rings. The highest BCUT2D eigenvalue weighted by Gasteiger charge is 2.36. The highest BCUT2D eigenvalue weighted by atomic mass is 16.7. The fraction of sp³-hybridized carbons (Fsp3) is 0.276. The first kappa shape index (κ1) is 23.6. The number of ether oxygens (including phenoxy) is 4. The molecule has 3 aromatic carbocycles. The summed E-state index contributed by atoms with van der Waals surface area (Å²) in [5.41, 5.74) is 5.81. The van der Waals surface area contributed by atoms with Crippen LogP contribution in [0.1, 0.15) is 38.2 Å². The van der Waals surface area contributed by atoms with E-state index in [9.17, 15) is 4.79 Å². The maximum absolute atomic E-state index is 12.0. The SMILES string of the molecule is COc1cccc2c1-c1ccc3c(c1C(Oc1cccc(OC(=O)N(C)C)c1)O2)C(C)=CC(C)(C)N3. The summed E-state index contributed by atoms with van der Waals surface area (Å²) in [5, 5.41) is 3.61. The summed E-state index contributed by atoms with van der Waals surface area (Å²) in [4.78, 5) is 13.4. The van der Waals surface area contributed by atoms with Crippen LogP contribution in [-0.4, -0.2) is 37.7 Å². The average Bonchev–Trinajstić information content (AvgIpc) is 2.82. The van der Waals surface area contributed by atoms with Gasteiger partial charge >= 0.3 is 6.09 Å². The number of nitrogens with one attached hydrogen (secondary N) is 1. The summed E-state index contributed by atoms with van der Waals surface area (Å²) < 4.78 is 24.0. The van der Waals surface area contributed by atoms with E-state index < -0.39 is 12.4 Å². The molecule has 1 amide bonds. The van der Waals surface area contributed by atoms with Crippen LogP contribution in [-0.2, 0) is 0 Å². The van der Waals surface area contributed by atoms with Crippen molar-refractivity contribution >= 4 is 17.4 Å². The summed E-state index contributed by atoms with van der Waals surface area (Å²) >= 11 is 0. The van der Waals surface area contributed by atoms with Gasteiger partial charge in [-0.15, -0.1) is 0 Å². The maximum atomic E-state index is 12.0. The summed E-state index contributed by atoms with van der Waals surface area (Å²) in [6.45, 7) is 6.39. The number of rotatable bonds is 4. The van der Waals surface area contributed by atoms with Crippen molar-refractivity contribution in [1.82, 2.24) is 4.90 Å². The van der Waals surface area contributed by atoms with Crippen molar-refractivity contribution in [2.24, 2.45) is 0 Å². The molecule has 2 aliphatic heterocycles. The van der Waals surface area contributed by atoms with Crippen molar-refractivity contribution in [2.75, 3.05) is 26.5 Å². The number of hydrogen-bond donors (Lipinski definition) is 1. The lowest BCUT2D eigenvalue weighted by molar-refractivity contribution is 0.00140. The second-order valence-corrected chi connectivity index (χ2v) is 9.76. The van der Waals surface area contributed by atoms with Gasteiger partial charge in [-0.2, -0.15) is 0 Å². The van der Waals surface area contributed by atoms with Crippen LogP contribution in [0.4, 0.5) is 10.5 Å². The molecule has 2 aliphatic rings. The highest BCUT2D eigenvalue weighted by molar-refractivity contribution is 5.91. The quantitative estimate of drug-likeness (QED) is 0.454. The fourth-order valence-corrected chi connectivity index (χ4v) is 4.84. The number of fused-ring (bicyclic) bond motifs is 5. The zero-order valence-electron chi connectivity index (χ0n) is 21.3. The van der Waals surface area contributed by atoms with E-state index in [0.29, 0.717) is 17.2 Å². The van der Waals surface area contributed by atoms with E-state index in [4.69, 9.17) is 18.9 Å². The topological polar surface area (TPSA) is 69.3 Å². The summed E-state index contributed by atoms with van der Waals surface area (Å²) in [6.07, 6.45) is 1.02. The van der Waals surface area contributed by atoms with Gasteiger partial charge in [-0.05, 0) is 56.7 Å². The standard InChI is InChI=1S/C29H30N2O5/c1-17-16-29(2,3)30-21-14-13-20-25-22(33-6)11-8-12-23(25)36-27(26(20)24(17)21)34-18-9-7-10-19(15-18)35-28(32)31(4)5/h7-16,27,30H,1-6H3. The zero-order valence-corrected chi connectivity index (χ0v) is 21.3. The maximum Gasteiger partial charge on any atom is 0.414 e. The van der Waals surface area contributed by atoms with Crippen LogP contribution in [0.25, 0.3) is 16.7 Å². The molecule has 0 aromatic heterocycles. The second kappa shape index (κ2) is 8.82. The number of allylic oxidation sites excluding steroid dienone is 1. The molecular weight excluding hydrogens is 456 g/mol. The Hall–Kier alpha value is -4.13. The Morgan fingerprint density at radius 2 is 1.78 bits per heavy atom. The van der Waals surface area contributed by atoms with Gasteiger partial charge in [-0.1, -0.05) is 24.3 Å². The lowest BCUT2D eigenvalue weighted by Crippen LogP contribution is -2.33. The van der Waals surface area contributed by atoms with Gasteiger partial charge in [0.2, 0.25) is 0 Å². The molecule has 186 valence electrons. The van der Waals surface area contributed by atoms with E-state index in [1.165, 1.54) is 4.90 Å². The van der Waals surface area contributed by atoms with Crippen LogP contribution in [0.3, 0.4) is 0 Å². The van der Waals surface area contributed by atoms with Gasteiger partial charge in [-0.3, -0.25) is 0 Å². The first-order valence-corrected chi connectivity index (χ1v) is 11.8. The average molecular weight is 487 g/mol. The van der Waals surface area contributed by atoms with Crippen LogP contribution >= 0.6 is 0 Å². The molecule has 0 bridgehead atoms. The van der Waals surface area contributed by atoms with Crippen molar-refractivity contribution in [3.63, 3.8) is 0 Å². The van der Waals surface area contributed by atoms with Crippen LogP contribution in [0.15, 0.2) is 60.7 Å². The third kappa shape index (κ3) is 4.21. The van der Waals surface area contributed by atoms with Gasteiger partial charge in [0.25, 0.3) is 6.29 Å². The van der Waals surface area contributed by atoms with Crippen molar-refractivity contribution < 1.29 is 23.7 Å². The van der Waals surface area contributed by atoms with E-state index in [1.807, 2.05) is 24.3 Å². The van der Waals surface area contributed by atoms with Crippen molar-refractivity contribution in [1.29, 1.82) is 0 Å². The molecule has 2 heterocycles. The molecule has 0 spiro atoms. The predicted octanol–water partition coefficient (Wildman–Crippen LogP) is 6.50. The normalized spacial score (nSPS) is 16.7. The number of anilines is 1. The summed E-state index contributed by atoms with van der Waals surface area (Å²) in [5.74, 6) is 2.31. The highest BCUT2D eigenvalue weighted by Crippen LogP contribution is 2.52. The van der Waals surface area contributed by atoms with E-state index in [2.05, 4.69) is 44.3 Å². The predicted molar refractivity (Wildman–Crippen MR) is 140 cm³/mol. The number of nitrogens with zero attached hydrogens (tertiary/aromatic N) is 1. The minimum Gasteiger partial charge on any atom is -0.496 e. The number of carbonyl (C=O) groups is 1. The van der Waals surface area contributed by atoms with Crippen molar-refractivity contribution in [3.05, 3.63) is 71.8 Å². The van der Waals surface area contributed by atoms with Gasteiger partial charge in [0.1, 0.15) is 23.0 Å². The molecule has 36 heavy (non-hydrogen) atoms. The third-order valence-corrected chi connectivity index (χ3v) is 6.24. The molecule has 1 atom stereocenters. The Balaban J connectivity index is 1.62. The van der Waals surface area contributed by atoms with Crippen molar-refractivity contribution in [2.45, 2.75) is 32.6 Å². The van der Waals surface area contributed by atoms with Gasteiger partial charge in [0.05, 0.1) is 23.8 Å². The van der Waals surface area contributed by atoms with Gasteiger partial charge in [-0.25, -0.2) is 4.79 Å². The molecule has 5 rings (SSSR count). The molecule has 0 aliphatic carbocycles. The number of amides is 1. The van der Waals surface area contributed by atoms with Crippen LogP contribution in [0.5, 0.6) is 23.0 Å². The number of hydrogen-bond acceptors (Lipinski definition) is 6. The molecule has 0 saturated carbocycles. The fourth-order valence-electron chi connectivity index (χ4n) is 4.84. The molecule has 7 nitrogen and oxygen atoms in total. The largest absolute Gasteiger partial charge is 0.496 e. The lowest BCUT2D eigenvalue weighted by Gasteiger charge is -2.37. The van der Waals surface area contributed by atoms with Crippen LogP contribution in [0.2, 0.25) is 0 Å². The van der Waals surface area contributed by atoms with E-state index in [0.717, 1.165) is 39.3 Å². The van der Waals surface area contributed by atoms with E-state index >= 15 is 0 Å². The minimum absolute atomic E-state index is 0.183. The Labute approximate surface area is 211 Å². The number of benzene rings is 3. The molecular formula is C29H30N2O5. The van der Waals surface area contributed by atoms with Gasteiger partial charge in [0.15, 0.2) is 0 Å². The summed E-state index contributed by atoms with van der Waals surface area (Å²) in [7, 11) is 4.93. The number of methoxy groups -OCH3 is 1. The second-order valence-electron chi connectivity index (χ2n) is 9.76. The smallest absolute Gasteiger partial charge is 0.414 e. The van der Waals surface area contributed by atoms with Gasteiger partial charge < -0.3 is 29.2 Å². The zero-order chi connectivity index (χ0) is 25.6. The van der Waals surface area contributed by atoms with Crippen LogP contribution in [0, 0.1) is 0 Å². The molecule has 0 radical (unpaired) electrons. The Morgan fingerprint density at radius 1 is 1.03 bits per heavy atom. The molecule has 0 fully saturated rings. The van der Waals surface area contributed by atoms with E-state index in [1.54, 1.807) is 39.4 Å². The van der Waals surface area contributed by atoms with E-state index in [-0.39, 0.29) is 5.54 Å². The molecule has 0 saturated heterocycles. The number of carbonyl (C=O) groups excluding carboxylic acids is 1. The Morgan fingerprint density at radius 3 is 2.53 bits per heavy atom. The van der Waals surface area contributed by atoms with Crippen LogP contribution < -0.4 is 24.3 Å². The lowest BCUT2D eigenvalue weighted by atomic mass is 9.83. The Kier molecular flexibility index (Phi) is 5.79. The third-order valence-electron chi connectivity index (χ3n) is 6.24. The monoisotopic (exact) mass is 486 g/mol. The first-order valence-electron chi connectivity index (χ1n) is 11.8.